The molecule has 0 saturated heterocycles. The first-order valence-corrected chi connectivity index (χ1v) is 8.09. The SMILES string of the molecule is CCCNC(Cc1cccc(Cl)c1F)c1csc(C)c1. The molecule has 20 heavy (non-hydrogen) atoms. The molecule has 0 amide bonds. The quantitative estimate of drug-likeness (QED) is 0.779. The van der Waals surface area contributed by atoms with E-state index in [1.165, 1.54) is 10.4 Å². The van der Waals surface area contributed by atoms with Crippen molar-refractivity contribution in [2.75, 3.05) is 6.54 Å². The van der Waals surface area contributed by atoms with Crippen LogP contribution in [-0.2, 0) is 6.42 Å². The Bertz CT molecular complexity index is 567. The molecule has 0 bridgehead atoms. The van der Waals surface area contributed by atoms with Gasteiger partial charge in [-0.3, -0.25) is 0 Å². The van der Waals surface area contributed by atoms with Crippen molar-refractivity contribution in [2.45, 2.75) is 32.7 Å². The Morgan fingerprint density at radius 1 is 1.40 bits per heavy atom. The highest BCUT2D eigenvalue weighted by molar-refractivity contribution is 7.10. The molecule has 1 nitrogen and oxygen atoms in total. The minimum atomic E-state index is -0.301. The van der Waals surface area contributed by atoms with E-state index in [9.17, 15) is 4.39 Å². The lowest BCUT2D eigenvalue weighted by Gasteiger charge is -2.18. The van der Waals surface area contributed by atoms with Crippen LogP contribution in [0.1, 0.15) is 35.4 Å². The van der Waals surface area contributed by atoms with Crippen LogP contribution in [0, 0.1) is 12.7 Å². The number of hydrogen-bond acceptors (Lipinski definition) is 2. The first-order valence-electron chi connectivity index (χ1n) is 6.83. The summed E-state index contributed by atoms with van der Waals surface area (Å²) >= 11 is 7.58. The number of hydrogen-bond donors (Lipinski definition) is 1. The van der Waals surface area contributed by atoms with Crippen LogP contribution in [0.5, 0.6) is 0 Å². The molecule has 4 heteroatoms. The molecule has 1 N–H and O–H groups in total. The van der Waals surface area contributed by atoms with Crippen LogP contribution in [-0.4, -0.2) is 6.54 Å². The second-order valence-corrected chi connectivity index (χ2v) is 6.44. The van der Waals surface area contributed by atoms with Gasteiger partial charge in [0, 0.05) is 10.9 Å². The second-order valence-electron chi connectivity index (χ2n) is 4.91. The number of thiophene rings is 1. The summed E-state index contributed by atoms with van der Waals surface area (Å²) in [6.45, 7) is 5.13. The average molecular weight is 312 g/mol. The third-order valence-corrected chi connectivity index (χ3v) is 4.42. The fourth-order valence-electron chi connectivity index (χ4n) is 2.20. The number of nitrogens with one attached hydrogen (secondary N) is 1. The number of aryl methyl sites for hydroxylation is 1. The van der Waals surface area contributed by atoms with Crippen molar-refractivity contribution in [3.8, 4) is 0 Å². The standard InChI is InChI=1S/C16H19ClFNS/c1-3-7-19-15(13-8-11(2)20-10-13)9-12-5-4-6-14(17)16(12)18/h4-6,8,10,15,19H,3,7,9H2,1-2H3. The van der Waals surface area contributed by atoms with Crippen molar-refractivity contribution < 1.29 is 4.39 Å². The van der Waals surface area contributed by atoms with E-state index >= 15 is 0 Å². The number of rotatable bonds is 6. The molecule has 1 unspecified atom stereocenters. The first-order chi connectivity index (χ1) is 9.61. The molecule has 1 aromatic heterocycles. The van der Waals surface area contributed by atoms with E-state index < -0.39 is 0 Å². The molecule has 0 spiro atoms. The molecule has 0 aliphatic carbocycles. The maximum Gasteiger partial charge on any atom is 0.145 e. The molecule has 1 heterocycles. The molecule has 0 aliphatic rings. The molecule has 108 valence electrons. The zero-order valence-electron chi connectivity index (χ0n) is 11.7. The van der Waals surface area contributed by atoms with Crippen molar-refractivity contribution in [2.24, 2.45) is 0 Å². The van der Waals surface area contributed by atoms with Gasteiger partial charge >= 0.3 is 0 Å². The van der Waals surface area contributed by atoms with Crippen LogP contribution in [0.2, 0.25) is 5.02 Å². The Morgan fingerprint density at radius 2 is 2.20 bits per heavy atom. The number of halogens is 2. The van der Waals surface area contributed by atoms with Gasteiger partial charge in [-0.1, -0.05) is 30.7 Å². The third kappa shape index (κ3) is 3.81. The topological polar surface area (TPSA) is 12.0 Å². The lowest BCUT2D eigenvalue weighted by atomic mass is 10.0. The van der Waals surface area contributed by atoms with E-state index in [0.29, 0.717) is 12.0 Å². The first kappa shape index (κ1) is 15.5. The van der Waals surface area contributed by atoms with E-state index in [1.54, 1.807) is 29.5 Å². The van der Waals surface area contributed by atoms with E-state index in [0.717, 1.165) is 13.0 Å². The van der Waals surface area contributed by atoms with Crippen LogP contribution in [0.4, 0.5) is 4.39 Å². The Balaban J connectivity index is 2.21. The van der Waals surface area contributed by atoms with Crippen molar-refractivity contribution in [1.29, 1.82) is 0 Å². The maximum absolute atomic E-state index is 14.0. The summed E-state index contributed by atoms with van der Waals surface area (Å²) in [5, 5.41) is 5.83. The molecule has 1 atom stereocenters. The molecule has 2 rings (SSSR count). The summed E-state index contributed by atoms with van der Waals surface area (Å²) in [5.74, 6) is -0.301. The van der Waals surface area contributed by atoms with E-state index in [1.807, 2.05) is 0 Å². The Hall–Kier alpha value is -0.900. The molecule has 0 radical (unpaired) electrons. The van der Waals surface area contributed by atoms with Gasteiger partial charge in [-0.15, -0.1) is 11.3 Å². The van der Waals surface area contributed by atoms with Gasteiger partial charge in [-0.25, -0.2) is 4.39 Å². The van der Waals surface area contributed by atoms with Crippen LogP contribution < -0.4 is 5.32 Å². The minimum Gasteiger partial charge on any atom is -0.310 e. The molecule has 0 aliphatic heterocycles. The van der Waals surface area contributed by atoms with Crippen molar-refractivity contribution in [3.05, 3.63) is 56.5 Å². The maximum atomic E-state index is 14.0. The zero-order chi connectivity index (χ0) is 14.5. The van der Waals surface area contributed by atoms with Gasteiger partial charge in [0.15, 0.2) is 0 Å². The average Bonchev–Trinajstić information content (AvgIpc) is 2.86. The van der Waals surface area contributed by atoms with Crippen LogP contribution in [0.25, 0.3) is 0 Å². The summed E-state index contributed by atoms with van der Waals surface area (Å²) in [5.41, 5.74) is 1.88. The number of benzene rings is 1. The highest BCUT2D eigenvalue weighted by Crippen LogP contribution is 2.26. The molecule has 2 aromatic rings. The second kappa shape index (κ2) is 7.21. The molecule has 0 fully saturated rings. The fraction of sp³-hybridized carbons (Fsp3) is 0.375. The van der Waals surface area contributed by atoms with Crippen LogP contribution in [0.15, 0.2) is 29.6 Å². The van der Waals surface area contributed by atoms with Crippen LogP contribution >= 0.6 is 22.9 Å². The minimum absolute atomic E-state index is 0.132. The highest BCUT2D eigenvalue weighted by atomic mass is 35.5. The summed E-state index contributed by atoms with van der Waals surface area (Å²) in [6, 6.07) is 7.49. The summed E-state index contributed by atoms with van der Waals surface area (Å²) in [7, 11) is 0. The third-order valence-electron chi connectivity index (χ3n) is 3.25. The smallest absolute Gasteiger partial charge is 0.145 e. The normalized spacial score (nSPS) is 12.6. The lowest BCUT2D eigenvalue weighted by Crippen LogP contribution is -2.24. The lowest BCUT2D eigenvalue weighted by molar-refractivity contribution is 0.514. The van der Waals surface area contributed by atoms with Gasteiger partial charge in [-0.2, -0.15) is 0 Å². The van der Waals surface area contributed by atoms with Crippen molar-refractivity contribution >= 4 is 22.9 Å². The van der Waals surface area contributed by atoms with E-state index in [-0.39, 0.29) is 16.9 Å². The molecule has 0 saturated carbocycles. The molecule has 1 aromatic carbocycles. The Kier molecular flexibility index (Phi) is 5.58. The predicted octanol–water partition coefficient (Wildman–Crippen LogP) is 5.13. The summed E-state index contributed by atoms with van der Waals surface area (Å²) < 4.78 is 14.0. The van der Waals surface area contributed by atoms with E-state index in [2.05, 4.69) is 30.6 Å². The Morgan fingerprint density at radius 3 is 2.85 bits per heavy atom. The predicted molar refractivity (Wildman–Crippen MR) is 85.2 cm³/mol. The van der Waals surface area contributed by atoms with Crippen LogP contribution in [0.3, 0.4) is 0 Å². The Labute approximate surface area is 128 Å². The monoisotopic (exact) mass is 311 g/mol. The van der Waals surface area contributed by atoms with Gasteiger partial charge in [0.25, 0.3) is 0 Å². The van der Waals surface area contributed by atoms with Gasteiger partial charge in [0.05, 0.1) is 5.02 Å². The molecular weight excluding hydrogens is 293 g/mol. The van der Waals surface area contributed by atoms with E-state index in [4.69, 9.17) is 11.6 Å². The molecular formula is C16H19ClFNS. The summed E-state index contributed by atoms with van der Waals surface area (Å²) in [6.07, 6.45) is 1.67. The summed E-state index contributed by atoms with van der Waals surface area (Å²) in [4.78, 5) is 1.27. The largest absolute Gasteiger partial charge is 0.310 e. The van der Waals surface area contributed by atoms with Crippen molar-refractivity contribution in [1.82, 2.24) is 5.32 Å². The van der Waals surface area contributed by atoms with Gasteiger partial charge < -0.3 is 5.32 Å². The van der Waals surface area contributed by atoms with Gasteiger partial charge in [-0.05, 0) is 54.9 Å². The van der Waals surface area contributed by atoms with Gasteiger partial charge in [0.1, 0.15) is 5.82 Å². The fourth-order valence-corrected chi connectivity index (χ4v) is 3.15. The highest BCUT2D eigenvalue weighted by Gasteiger charge is 2.16. The van der Waals surface area contributed by atoms with Crippen molar-refractivity contribution in [3.63, 3.8) is 0 Å². The van der Waals surface area contributed by atoms with Gasteiger partial charge in [0.2, 0.25) is 0 Å². The zero-order valence-corrected chi connectivity index (χ0v) is 13.3.